The summed E-state index contributed by atoms with van der Waals surface area (Å²) < 4.78 is 27.3. The molecule has 8 heteroatoms. The Morgan fingerprint density at radius 2 is 1.65 bits per heavy atom. The number of nitrogens with one attached hydrogen (secondary N) is 1. The summed E-state index contributed by atoms with van der Waals surface area (Å²) in [6, 6.07) is 10.6. The van der Waals surface area contributed by atoms with Crippen LogP contribution in [-0.4, -0.2) is 56.3 Å². The van der Waals surface area contributed by atoms with Gasteiger partial charge in [-0.2, -0.15) is 0 Å². The summed E-state index contributed by atoms with van der Waals surface area (Å²) in [4.78, 5) is 4.38. The van der Waals surface area contributed by atoms with Gasteiger partial charge >= 0.3 is 0 Å². The second-order valence-electron chi connectivity index (χ2n) is 6.23. The maximum absolute atomic E-state index is 12.4. The molecule has 1 aliphatic rings. The van der Waals surface area contributed by atoms with Gasteiger partial charge < -0.3 is 20.0 Å². The normalized spacial score (nSPS) is 15.8. The maximum atomic E-state index is 12.4. The largest absolute Gasteiger partial charge is 0.508 e. The van der Waals surface area contributed by atoms with Gasteiger partial charge in [-0.1, -0.05) is 6.92 Å². The van der Waals surface area contributed by atoms with E-state index in [0.29, 0.717) is 5.69 Å². The van der Waals surface area contributed by atoms with Crippen LogP contribution in [0.1, 0.15) is 6.92 Å². The molecule has 0 saturated carbocycles. The molecule has 140 valence electrons. The zero-order valence-corrected chi connectivity index (χ0v) is 15.4. The number of rotatable bonds is 5. The predicted molar refractivity (Wildman–Crippen MR) is 101 cm³/mol. The predicted octanol–water partition coefficient (Wildman–Crippen LogP) is 2.04. The van der Waals surface area contributed by atoms with E-state index in [2.05, 4.69) is 21.4 Å². The first-order valence-electron chi connectivity index (χ1n) is 8.51. The average Bonchev–Trinajstić information content (AvgIpc) is 2.62. The molecule has 3 N–H and O–H groups in total. The summed E-state index contributed by atoms with van der Waals surface area (Å²) in [7, 11) is -3.94. The molecule has 2 aromatic carbocycles. The summed E-state index contributed by atoms with van der Waals surface area (Å²) >= 11 is 0. The summed E-state index contributed by atoms with van der Waals surface area (Å²) in [5, 5.41) is 19.1. The van der Waals surface area contributed by atoms with Crippen LogP contribution in [0.4, 0.5) is 11.4 Å². The summed E-state index contributed by atoms with van der Waals surface area (Å²) in [5.41, 5.74) is 1.46. The van der Waals surface area contributed by atoms with Gasteiger partial charge in [0.05, 0.1) is 0 Å². The van der Waals surface area contributed by atoms with Crippen molar-refractivity contribution in [1.29, 1.82) is 0 Å². The van der Waals surface area contributed by atoms with Crippen molar-refractivity contribution in [1.82, 2.24) is 4.90 Å². The van der Waals surface area contributed by atoms with Gasteiger partial charge in [0.2, 0.25) is 0 Å². The van der Waals surface area contributed by atoms with Gasteiger partial charge in [-0.05, 0) is 42.9 Å². The number of sulfonamides is 1. The standard InChI is InChI=1S/C18H23N3O4S/c1-2-20-9-11-21(12-10-20)15-5-3-14(4-6-15)19-26(24,25)18-8-7-16(22)13-17(18)23/h3-8,13,19,22-23H,2,9-12H2,1H3. The summed E-state index contributed by atoms with van der Waals surface area (Å²) in [6.45, 7) is 7.14. The van der Waals surface area contributed by atoms with Gasteiger partial charge in [0, 0.05) is 43.6 Å². The lowest BCUT2D eigenvalue weighted by atomic mass is 10.2. The van der Waals surface area contributed by atoms with E-state index in [-0.39, 0.29) is 10.6 Å². The van der Waals surface area contributed by atoms with Gasteiger partial charge in [0.15, 0.2) is 0 Å². The monoisotopic (exact) mass is 377 g/mol. The van der Waals surface area contributed by atoms with Crippen LogP contribution in [0.15, 0.2) is 47.4 Å². The van der Waals surface area contributed by atoms with E-state index in [4.69, 9.17) is 0 Å². The smallest absolute Gasteiger partial charge is 0.265 e. The maximum Gasteiger partial charge on any atom is 0.265 e. The van der Waals surface area contributed by atoms with Gasteiger partial charge in [-0.3, -0.25) is 4.72 Å². The number of piperazine rings is 1. The van der Waals surface area contributed by atoms with E-state index in [1.807, 2.05) is 12.1 Å². The van der Waals surface area contributed by atoms with Crippen molar-refractivity contribution < 1.29 is 18.6 Å². The van der Waals surface area contributed by atoms with Crippen LogP contribution in [0.25, 0.3) is 0 Å². The fourth-order valence-corrected chi connectivity index (χ4v) is 4.14. The first kappa shape index (κ1) is 18.3. The molecule has 0 aliphatic carbocycles. The topological polar surface area (TPSA) is 93.1 Å². The lowest BCUT2D eigenvalue weighted by Crippen LogP contribution is -2.46. The average molecular weight is 377 g/mol. The molecule has 0 amide bonds. The minimum absolute atomic E-state index is 0.200. The molecule has 0 bridgehead atoms. The van der Waals surface area contributed by atoms with E-state index >= 15 is 0 Å². The number of anilines is 2. The Morgan fingerprint density at radius 3 is 2.23 bits per heavy atom. The minimum atomic E-state index is -3.94. The van der Waals surface area contributed by atoms with Gasteiger partial charge in [0.25, 0.3) is 10.0 Å². The summed E-state index contributed by atoms with van der Waals surface area (Å²) in [5.74, 6) is -0.697. The molecule has 0 spiro atoms. The number of aromatic hydroxyl groups is 2. The zero-order valence-electron chi connectivity index (χ0n) is 14.6. The number of likely N-dealkylation sites (N-methyl/N-ethyl adjacent to an activating group) is 1. The molecule has 1 heterocycles. The van der Waals surface area contributed by atoms with Crippen molar-refractivity contribution in [3.05, 3.63) is 42.5 Å². The number of hydrogen-bond acceptors (Lipinski definition) is 6. The first-order valence-corrected chi connectivity index (χ1v) is 9.99. The highest BCUT2D eigenvalue weighted by Gasteiger charge is 2.20. The second kappa shape index (κ2) is 7.43. The third-order valence-corrected chi connectivity index (χ3v) is 5.96. The molecule has 26 heavy (non-hydrogen) atoms. The fraction of sp³-hybridized carbons (Fsp3) is 0.333. The first-order chi connectivity index (χ1) is 12.4. The highest BCUT2D eigenvalue weighted by atomic mass is 32.2. The lowest BCUT2D eigenvalue weighted by Gasteiger charge is -2.35. The van der Waals surface area contributed by atoms with Crippen molar-refractivity contribution in [2.45, 2.75) is 11.8 Å². The molecule has 1 saturated heterocycles. The molecular formula is C18H23N3O4S. The minimum Gasteiger partial charge on any atom is -0.508 e. The van der Waals surface area contributed by atoms with Gasteiger partial charge in [0.1, 0.15) is 16.4 Å². The number of phenolic OH excluding ortho intramolecular Hbond substituents is 2. The molecule has 0 unspecified atom stereocenters. The lowest BCUT2D eigenvalue weighted by molar-refractivity contribution is 0.271. The number of phenols is 2. The molecule has 2 aromatic rings. The van der Waals surface area contributed by atoms with Crippen LogP contribution >= 0.6 is 0 Å². The van der Waals surface area contributed by atoms with Crippen LogP contribution in [0.5, 0.6) is 11.5 Å². The molecule has 0 radical (unpaired) electrons. The van der Waals surface area contributed by atoms with E-state index in [1.54, 1.807) is 12.1 Å². The van der Waals surface area contributed by atoms with Crippen molar-refractivity contribution in [3.63, 3.8) is 0 Å². The fourth-order valence-electron chi connectivity index (χ4n) is 3.01. The molecular weight excluding hydrogens is 354 g/mol. The van der Waals surface area contributed by atoms with E-state index < -0.39 is 15.8 Å². The number of benzene rings is 2. The molecule has 1 fully saturated rings. The Labute approximate surface area is 153 Å². The molecule has 0 atom stereocenters. The number of nitrogens with zero attached hydrogens (tertiary/aromatic N) is 2. The van der Waals surface area contributed by atoms with E-state index in [9.17, 15) is 18.6 Å². The van der Waals surface area contributed by atoms with Crippen LogP contribution in [0.2, 0.25) is 0 Å². The third kappa shape index (κ3) is 4.03. The highest BCUT2D eigenvalue weighted by molar-refractivity contribution is 7.92. The SMILES string of the molecule is CCN1CCN(c2ccc(NS(=O)(=O)c3ccc(O)cc3O)cc2)CC1. The van der Waals surface area contributed by atoms with Gasteiger partial charge in [-0.15, -0.1) is 0 Å². The van der Waals surface area contributed by atoms with Gasteiger partial charge in [-0.25, -0.2) is 8.42 Å². The Kier molecular flexibility index (Phi) is 5.24. The highest BCUT2D eigenvalue weighted by Crippen LogP contribution is 2.29. The molecule has 3 rings (SSSR count). The van der Waals surface area contributed by atoms with Crippen molar-refractivity contribution in [2.75, 3.05) is 42.3 Å². The molecule has 0 aromatic heterocycles. The Hall–Kier alpha value is -2.45. The Balaban J connectivity index is 1.71. The molecule has 7 nitrogen and oxygen atoms in total. The van der Waals surface area contributed by atoms with Crippen molar-refractivity contribution in [3.8, 4) is 11.5 Å². The Morgan fingerprint density at radius 1 is 1.00 bits per heavy atom. The summed E-state index contributed by atoms with van der Waals surface area (Å²) in [6.07, 6.45) is 0. The van der Waals surface area contributed by atoms with Crippen LogP contribution in [-0.2, 0) is 10.0 Å². The van der Waals surface area contributed by atoms with Crippen molar-refractivity contribution in [2.24, 2.45) is 0 Å². The Bertz CT molecular complexity index is 861. The second-order valence-corrected chi connectivity index (χ2v) is 7.88. The zero-order chi connectivity index (χ0) is 18.7. The molecule has 1 aliphatic heterocycles. The van der Waals surface area contributed by atoms with E-state index in [1.165, 1.54) is 6.07 Å². The quantitative estimate of drug-likeness (QED) is 0.738. The third-order valence-electron chi connectivity index (χ3n) is 4.54. The number of hydrogen-bond donors (Lipinski definition) is 3. The van der Waals surface area contributed by atoms with Crippen LogP contribution in [0, 0.1) is 0 Å². The van der Waals surface area contributed by atoms with Crippen molar-refractivity contribution >= 4 is 21.4 Å². The van der Waals surface area contributed by atoms with E-state index in [0.717, 1.165) is 50.5 Å². The van der Waals surface area contributed by atoms with Crippen LogP contribution < -0.4 is 9.62 Å². The van der Waals surface area contributed by atoms with Crippen LogP contribution in [0.3, 0.4) is 0 Å².